The van der Waals surface area contributed by atoms with E-state index in [0.717, 1.165) is 64.0 Å². The predicted molar refractivity (Wildman–Crippen MR) is 157 cm³/mol. The Morgan fingerprint density at radius 1 is 0.632 bits per heavy atom. The van der Waals surface area contributed by atoms with Crippen LogP contribution in [0.3, 0.4) is 0 Å². The molecule has 1 N–H and O–H groups in total. The van der Waals surface area contributed by atoms with Gasteiger partial charge in [-0.1, -0.05) is 38.3 Å². The van der Waals surface area contributed by atoms with Gasteiger partial charge in [-0.05, 0) is 92.1 Å². The third-order valence-corrected chi connectivity index (χ3v) is 6.23. The fourth-order valence-corrected chi connectivity index (χ4v) is 4.27. The average molecular weight is 511 g/mol. The zero-order valence-electron chi connectivity index (χ0n) is 22.7. The molecular weight excluding hydrogens is 472 g/mol. The summed E-state index contributed by atoms with van der Waals surface area (Å²) in [5.74, 6) is 2.48. The van der Waals surface area contributed by atoms with Gasteiger partial charge in [0.25, 0.3) is 0 Å². The van der Waals surface area contributed by atoms with Gasteiger partial charge in [0.2, 0.25) is 0 Å². The first kappa shape index (κ1) is 27.1. The van der Waals surface area contributed by atoms with Crippen LogP contribution in [-0.2, 0) is 0 Å². The monoisotopic (exact) mass is 510 g/mol. The Labute approximate surface area is 226 Å². The third-order valence-electron chi connectivity index (χ3n) is 6.23. The fourth-order valence-electron chi connectivity index (χ4n) is 4.27. The molecule has 0 bridgehead atoms. The van der Waals surface area contributed by atoms with E-state index in [1.807, 2.05) is 56.4 Å². The van der Waals surface area contributed by atoms with Crippen LogP contribution >= 0.6 is 0 Å². The molecule has 0 atom stereocenters. The van der Waals surface area contributed by atoms with Crippen molar-refractivity contribution in [1.82, 2.24) is 4.98 Å². The lowest BCUT2D eigenvalue weighted by Crippen LogP contribution is -1.98. The number of unbranched alkanes of at least 4 members (excludes halogenated alkanes) is 3. The van der Waals surface area contributed by atoms with Crippen molar-refractivity contribution < 1.29 is 14.2 Å². The number of nitrogens with one attached hydrogen (secondary N) is 1. The highest BCUT2D eigenvalue weighted by molar-refractivity contribution is 5.75. The van der Waals surface area contributed by atoms with Crippen molar-refractivity contribution in [3.05, 3.63) is 85.1 Å². The topological polar surface area (TPSA) is 52.6 Å². The highest BCUT2D eigenvalue weighted by atomic mass is 16.5. The van der Waals surface area contributed by atoms with Gasteiger partial charge < -0.3 is 19.5 Å². The highest BCUT2D eigenvalue weighted by Gasteiger charge is 2.11. The zero-order chi connectivity index (χ0) is 26.6. The molecule has 5 heteroatoms. The van der Waals surface area contributed by atoms with E-state index < -0.39 is 0 Å². The molecule has 38 heavy (non-hydrogen) atoms. The summed E-state index contributed by atoms with van der Waals surface area (Å²) >= 11 is 0. The lowest BCUT2D eigenvalue weighted by molar-refractivity contribution is 0.305. The van der Waals surface area contributed by atoms with Gasteiger partial charge in [0, 0.05) is 29.2 Å². The summed E-state index contributed by atoms with van der Waals surface area (Å²) in [6, 6.07) is 26.6. The first-order valence-corrected chi connectivity index (χ1v) is 13.7. The van der Waals surface area contributed by atoms with Gasteiger partial charge in [0.1, 0.15) is 17.2 Å². The van der Waals surface area contributed by atoms with Crippen LogP contribution in [0.2, 0.25) is 0 Å². The van der Waals surface area contributed by atoms with E-state index >= 15 is 0 Å². The minimum Gasteiger partial charge on any atom is -0.494 e. The smallest absolute Gasteiger partial charge is 0.132 e. The number of aromatic nitrogens is 1. The zero-order valence-corrected chi connectivity index (χ0v) is 22.7. The van der Waals surface area contributed by atoms with E-state index in [-0.39, 0.29) is 0 Å². The van der Waals surface area contributed by atoms with E-state index in [2.05, 4.69) is 59.7 Å². The molecule has 4 rings (SSSR count). The Hall–Kier alpha value is -3.99. The molecule has 198 valence electrons. The number of hydrogen-bond acceptors (Lipinski definition) is 5. The molecular formula is C33H38N2O3. The van der Waals surface area contributed by atoms with Crippen LogP contribution < -0.4 is 19.5 Å². The lowest BCUT2D eigenvalue weighted by Gasteiger charge is -2.13. The molecule has 0 spiro atoms. The second-order valence-electron chi connectivity index (χ2n) is 9.09. The second-order valence-corrected chi connectivity index (χ2v) is 9.09. The summed E-state index contributed by atoms with van der Waals surface area (Å²) in [5, 5.41) is 3.47. The molecule has 5 nitrogen and oxygen atoms in total. The largest absolute Gasteiger partial charge is 0.494 e. The number of hydrogen-bond donors (Lipinski definition) is 1. The van der Waals surface area contributed by atoms with Gasteiger partial charge in [-0.15, -0.1) is 0 Å². The molecule has 1 heterocycles. The molecule has 0 unspecified atom stereocenters. The Kier molecular flexibility index (Phi) is 10.0. The molecule has 3 aromatic carbocycles. The second kappa shape index (κ2) is 14.1. The normalized spacial score (nSPS) is 10.7. The summed E-state index contributed by atoms with van der Waals surface area (Å²) in [7, 11) is 0. The van der Waals surface area contributed by atoms with Gasteiger partial charge in [0.05, 0.1) is 25.5 Å². The van der Waals surface area contributed by atoms with E-state index in [4.69, 9.17) is 14.2 Å². The Morgan fingerprint density at radius 2 is 1.34 bits per heavy atom. The molecule has 0 amide bonds. The van der Waals surface area contributed by atoms with Crippen LogP contribution in [0.25, 0.3) is 22.4 Å². The van der Waals surface area contributed by atoms with Crippen molar-refractivity contribution in [3.63, 3.8) is 0 Å². The molecule has 4 aromatic rings. The summed E-state index contributed by atoms with van der Waals surface area (Å²) in [6.07, 6.45) is 6.68. The minimum atomic E-state index is 0.575. The highest BCUT2D eigenvalue weighted by Crippen LogP contribution is 2.34. The van der Waals surface area contributed by atoms with Crippen molar-refractivity contribution in [3.8, 4) is 39.6 Å². The van der Waals surface area contributed by atoms with E-state index in [9.17, 15) is 0 Å². The van der Waals surface area contributed by atoms with Crippen LogP contribution in [0, 0.1) is 0 Å². The van der Waals surface area contributed by atoms with Crippen molar-refractivity contribution >= 4 is 11.4 Å². The van der Waals surface area contributed by atoms with Crippen LogP contribution in [0.1, 0.15) is 46.5 Å². The van der Waals surface area contributed by atoms with Gasteiger partial charge in [0.15, 0.2) is 0 Å². The third kappa shape index (κ3) is 7.51. The number of benzene rings is 3. The molecule has 0 aliphatic heterocycles. The van der Waals surface area contributed by atoms with Crippen LogP contribution in [0.5, 0.6) is 17.2 Å². The maximum absolute atomic E-state index is 5.90. The first-order valence-electron chi connectivity index (χ1n) is 13.7. The minimum absolute atomic E-state index is 0.575. The van der Waals surface area contributed by atoms with Crippen LogP contribution in [0.15, 0.2) is 85.1 Å². The quantitative estimate of drug-likeness (QED) is 0.172. The summed E-state index contributed by atoms with van der Waals surface area (Å²) in [4.78, 5) is 4.62. The summed E-state index contributed by atoms with van der Waals surface area (Å²) in [5.41, 5.74) is 6.09. The van der Waals surface area contributed by atoms with Gasteiger partial charge in [-0.2, -0.15) is 0 Å². The van der Waals surface area contributed by atoms with E-state index in [1.165, 1.54) is 19.3 Å². The SMILES string of the molecule is CCCCCCOc1ccc(Nc2ccc(-c3ccnc(-c4ccc(OCC)cc4OCC)c3)cc2)cc1. The van der Waals surface area contributed by atoms with E-state index in [0.29, 0.717) is 13.2 Å². The number of nitrogens with zero attached hydrogens (tertiary/aromatic N) is 1. The van der Waals surface area contributed by atoms with Crippen molar-refractivity contribution in [1.29, 1.82) is 0 Å². The summed E-state index contributed by atoms with van der Waals surface area (Å²) in [6.45, 7) is 8.14. The first-order chi connectivity index (χ1) is 18.7. The predicted octanol–water partition coefficient (Wildman–Crippen LogP) is 8.92. The maximum atomic E-state index is 5.90. The van der Waals surface area contributed by atoms with E-state index in [1.54, 1.807) is 0 Å². The van der Waals surface area contributed by atoms with Crippen LogP contribution in [0.4, 0.5) is 11.4 Å². The van der Waals surface area contributed by atoms with Crippen LogP contribution in [-0.4, -0.2) is 24.8 Å². The summed E-state index contributed by atoms with van der Waals surface area (Å²) < 4.78 is 17.4. The number of anilines is 2. The Balaban J connectivity index is 1.42. The average Bonchev–Trinajstić information content (AvgIpc) is 2.95. The number of rotatable bonds is 14. The Bertz CT molecular complexity index is 1270. The number of ether oxygens (including phenoxy) is 3. The van der Waals surface area contributed by atoms with Gasteiger partial charge in [-0.3, -0.25) is 4.98 Å². The van der Waals surface area contributed by atoms with Gasteiger partial charge >= 0.3 is 0 Å². The molecule has 0 saturated heterocycles. The molecule has 0 saturated carbocycles. The fraction of sp³-hybridized carbons (Fsp3) is 0.303. The van der Waals surface area contributed by atoms with Gasteiger partial charge in [-0.25, -0.2) is 0 Å². The van der Waals surface area contributed by atoms with Crippen molar-refractivity contribution in [2.24, 2.45) is 0 Å². The maximum Gasteiger partial charge on any atom is 0.132 e. The standard InChI is InChI=1S/C33H38N2O3/c1-4-7-8-9-22-38-29-16-14-28(15-17-29)35-27-12-10-25(11-13-27)26-20-21-34-32(23-26)31-19-18-30(36-5-2)24-33(31)37-6-3/h10-21,23-24,35H,4-9,22H2,1-3H3. The molecule has 0 radical (unpaired) electrons. The lowest BCUT2D eigenvalue weighted by atomic mass is 10.0. The molecule has 1 aromatic heterocycles. The Morgan fingerprint density at radius 3 is 2.05 bits per heavy atom. The van der Waals surface area contributed by atoms with Crippen molar-refractivity contribution in [2.45, 2.75) is 46.5 Å². The molecule has 0 aliphatic rings. The number of pyridine rings is 1. The molecule has 0 fully saturated rings. The van der Waals surface area contributed by atoms with Crippen molar-refractivity contribution in [2.75, 3.05) is 25.1 Å². The molecule has 0 aliphatic carbocycles.